The van der Waals surface area contributed by atoms with E-state index in [2.05, 4.69) is 5.32 Å². The van der Waals surface area contributed by atoms with Crippen molar-refractivity contribution in [2.24, 2.45) is 11.8 Å². The molecule has 2 fully saturated rings. The molecular weight excluding hydrogens is 138 g/mol. The lowest BCUT2D eigenvalue weighted by Gasteiger charge is -2.29. The molecule has 3 atom stereocenters. The summed E-state index contributed by atoms with van der Waals surface area (Å²) in [6.07, 6.45) is 4.49. The molecule has 1 saturated heterocycles. The van der Waals surface area contributed by atoms with Crippen LogP contribution in [0.5, 0.6) is 0 Å². The largest absolute Gasteiger partial charge is 0.381 e. The Labute approximate surface area is 68.3 Å². The van der Waals surface area contributed by atoms with Crippen molar-refractivity contribution in [3.63, 3.8) is 0 Å². The summed E-state index contributed by atoms with van der Waals surface area (Å²) >= 11 is 0. The SMILES string of the molecule is COC1CC[C@@H]2CNC[C@@H]2C1. The van der Waals surface area contributed by atoms with Crippen LogP contribution in [-0.4, -0.2) is 26.3 Å². The molecule has 2 aliphatic rings. The molecule has 0 radical (unpaired) electrons. The van der Waals surface area contributed by atoms with E-state index in [1.807, 2.05) is 7.11 Å². The van der Waals surface area contributed by atoms with E-state index in [1.54, 1.807) is 0 Å². The lowest BCUT2D eigenvalue weighted by atomic mass is 9.80. The zero-order chi connectivity index (χ0) is 7.68. The molecule has 1 aliphatic heterocycles. The highest BCUT2D eigenvalue weighted by Gasteiger charge is 2.33. The summed E-state index contributed by atoms with van der Waals surface area (Å²) in [5, 5.41) is 3.45. The predicted molar refractivity (Wildman–Crippen MR) is 44.5 cm³/mol. The molecular formula is C9H17NO. The Morgan fingerprint density at radius 1 is 1.18 bits per heavy atom. The average molecular weight is 155 g/mol. The molecule has 0 aromatic carbocycles. The van der Waals surface area contributed by atoms with Crippen molar-refractivity contribution in [1.29, 1.82) is 0 Å². The molecule has 64 valence electrons. The molecule has 1 N–H and O–H groups in total. The first kappa shape index (κ1) is 7.56. The minimum absolute atomic E-state index is 0.552. The summed E-state index contributed by atoms with van der Waals surface area (Å²) in [5.74, 6) is 1.87. The van der Waals surface area contributed by atoms with E-state index in [-0.39, 0.29) is 0 Å². The monoisotopic (exact) mass is 155 g/mol. The zero-order valence-electron chi connectivity index (χ0n) is 7.18. The third-order valence-electron chi connectivity index (χ3n) is 3.24. The quantitative estimate of drug-likeness (QED) is 0.610. The second-order valence-electron chi connectivity index (χ2n) is 3.85. The van der Waals surface area contributed by atoms with E-state index in [4.69, 9.17) is 4.74 Å². The second kappa shape index (κ2) is 3.11. The fourth-order valence-electron chi connectivity index (χ4n) is 2.47. The fraction of sp³-hybridized carbons (Fsp3) is 1.00. The summed E-state index contributed by atoms with van der Waals surface area (Å²) in [6.45, 7) is 2.48. The molecule has 2 rings (SSSR count). The van der Waals surface area contributed by atoms with Gasteiger partial charge in [0.15, 0.2) is 0 Å². The van der Waals surface area contributed by atoms with Crippen LogP contribution >= 0.6 is 0 Å². The Kier molecular flexibility index (Phi) is 2.14. The van der Waals surface area contributed by atoms with Crippen LogP contribution in [0.4, 0.5) is 0 Å². The van der Waals surface area contributed by atoms with Gasteiger partial charge in [0.1, 0.15) is 0 Å². The van der Waals surface area contributed by atoms with Crippen LogP contribution in [0.2, 0.25) is 0 Å². The molecule has 2 heteroatoms. The first-order chi connectivity index (χ1) is 5.40. The van der Waals surface area contributed by atoms with Gasteiger partial charge in [0.2, 0.25) is 0 Å². The second-order valence-corrected chi connectivity index (χ2v) is 3.85. The van der Waals surface area contributed by atoms with Gasteiger partial charge in [0, 0.05) is 7.11 Å². The van der Waals surface area contributed by atoms with Crippen LogP contribution in [-0.2, 0) is 4.74 Å². The van der Waals surface area contributed by atoms with Crippen LogP contribution in [0.25, 0.3) is 0 Å². The maximum atomic E-state index is 5.37. The molecule has 2 nitrogen and oxygen atoms in total. The average Bonchev–Trinajstić information content (AvgIpc) is 2.50. The summed E-state index contributed by atoms with van der Waals surface area (Å²) in [5.41, 5.74) is 0. The van der Waals surface area contributed by atoms with E-state index in [9.17, 15) is 0 Å². The number of methoxy groups -OCH3 is 1. The van der Waals surface area contributed by atoms with E-state index in [0.29, 0.717) is 6.10 Å². The van der Waals surface area contributed by atoms with Crippen molar-refractivity contribution in [2.45, 2.75) is 25.4 Å². The lowest BCUT2D eigenvalue weighted by Crippen LogP contribution is -2.27. The topological polar surface area (TPSA) is 21.3 Å². The summed E-state index contributed by atoms with van der Waals surface area (Å²) in [4.78, 5) is 0. The first-order valence-corrected chi connectivity index (χ1v) is 4.63. The van der Waals surface area contributed by atoms with Gasteiger partial charge in [-0.25, -0.2) is 0 Å². The van der Waals surface area contributed by atoms with Crippen LogP contribution in [0.15, 0.2) is 0 Å². The highest BCUT2D eigenvalue weighted by atomic mass is 16.5. The highest BCUT2D eigenvalue weighted by Crippen LogP contribution is 2.33. The van der Waals surface area contributed by atoms with E-state index in [1.165, 1.54) is 32.4 Å². The summed E-state index contributed by atoms with van der Waals surface area (Å²) in [7, 11) is 1.84. The van der Waals surface area contributed by atoms with Crippen LogP contribution in [0.1, 0.15) is 19.3 Å². The highest BCUT2D eigenvalue weighted by molar-refractivity contribution is 4.87. The van der Waals surface area contributed by atoms with Gasteiger partial charge in [0.25, 0.3) is 0 Å². The molecule has 1 saturated carbocycles. The number of ether oxygens (including phenoxy) is 1. The van der Waals surface area contributed by atoms with Gasteiger partial charge in [-0.3, -0.25) is 0 Å². The van der Waals surface area contributed by atoms with Gasteiger partial charge in [-0.1, -0.05) is 0 Å². The van der Waals surface area contributed by atoms with Crippen LogP contribution < -0.4 is 5.32 Å². The molecule has 1 heterocycles. The molecule has 0 aromatic rings. The normalized spacial score (nSPS) is 43.9. The lowest BCUT2D eigenvalue weighted by molar-refractivity contribution is 0.0410. The number of nitrogens with one attached hydrogen (secondary N) is 1. The van der Waals surface area contributed by atoms with Gasteiger partial charge in [0.05, 0.1) is 6.10 Å². The smallest absolute Gasteiger partial charge is 0.0574 e. The minimum Gasteiger partial charge on any atom is -0.381 e. The van der Waals surface area contributed by atoms with Gasteiger partial charge in [-0.05, 0) is 44.2 Å². The minimum atomic E-state index is 0.552. The van der Waals surface area contributed by atoms with Gasteiger partial charge >= 0.3 is 0 Å². The number of fused-ring (bicyclic) bond motifs is 1. The molecule has 1 aliphatic carbocycles. The molecule has 0 amide bonds. The van der Waals surface area contributed by atoms with Crippen LogP contribution in [0, 0.1) is 11.8 Å². The zero-order valence-corrected chi connectivity index (χ0v) is 7.18. The third kappa shape index (κ3) is 1.42. The summed E-state index contributed by atoms with van der Waals surface area (Å²) in [6, 6.07) is 0. The van der Waals surface area contributed by atoms with Crippen LogP contribution in [0.3, 0.4) is 0 Å². The van der Waals surface area contributed by atoms with Gasteiger partial charge in [-0.15, -0.1) is 0 Å². The van der Waals surface area contributed by atoms with Crippen molar-refractivity contribution in [3.05, 3.63) is 0 Å². The fourth-order valence-corrected chi connectivity index (χ4v) is 2.47. The predicted octanol–water partition coefficient (Wildman–Crippen LogP) is 1.02. The maximum Gasteiger partial charge on any atom is 0.0574 e. The van der Waals surface area contributed by atoms with E-state index >= 15 is 0 Å². The first-order valence-electron chi connectivity index (χ1n) is 4.63. The molecule has 1 unspecified atom stereocenters. The van der Waals surface area contributed by atoms with E-state index < -0.39 is 0 Å². The molecule has 0 bridgehead atoms. The Bertz CT molecular complexity index is 138. The van der Waals surface area contributed by atoms with Crippen molar-refractivity contribution >= 4 is 0 Å². The van der Waals surface area contributed by atoms with Gasteiger partial charge in [-0.2, -0.15) is 0 Å². The third-order valence-corrected chi connectivity index (χ3v) is 3.24. The number of hydrogen-bond donors (Lipinski definition) is 1. The molecule has 0 aromatic heterocycles. The number of rotatable bonds is 1. The van der Waals surface area contributed by atoms with Crippen molar-refractivity contribution in [1.82, 2.24) is 5.32 Å². The van der Waals surface area contributed by atoms with E-state index in [0.717, 1.165) is 11.8 Å². The Morgan fingerprint density at radius 3 is 2.82 bits per heavy atom. The van der Waals surface area contributed by atoms with Crippen molar-refractivity contribution in [2.75, 3.05) is 20.2 Å². The standard InChI is InChI=1S/C9H17NO/c1-11-9-3-2-7-5-10-6-8(7)4-9/h7-10H,2-6H2,1H3/t7-,8+,9?/m1/s1. The Morgan fingerprint density at radius 2 is 2.00 bits per heavy atom. The van der Waals surface area contributed by atoms with Crippen molar-refractivity contribution < 1.29 is 4.74 Å². The molecule has 0 spiro atoms. The van der Waals surface area contributed by atoms with Crippen molar-refractivity contribution in [3.8, 4) is 0 Å². The summed E-state index contributed by atoms with van der Waals surface area (Å²) < 4.78 is 5.37. The number of hydrogen-bond acceptors (Lipinski definition) is 2. The molecule has 11 heavy (non-hydrogen) atoms. The van der Waals surface area contributed by atoms with Gasteiger partial charge < -0.3 is 10.1 Å². The Hall–Kier alpha value is -0.0800. The maximum absolute atomic E-state index is 5.37. The Balaban J connectivity index is 1.91.